The van der Waals surface area contributed by atoms with E-state index in [4.69, 9.17) is 32.5 Å². The number of hydrogen-bond donors (Lipinski definition) is 0. The van der Waals surface area contributed by atoms with Crippen molar-refractivity contribution in [2.75, 3.05) is 18.0 Å². The van der Waals surface area contributed by atoms with Crippen molar-refractivity contribution in [3.63, 3.8) is 0 Å². The van der Waals surface area contributed by atoms with Crippen molar-refractivity contribution < 1.29 is 18.0 Å². The van der Waals surface area contributed by atoms with Gasteiger partial charge in [-0.1, -0.05) is 52.1 Å². The molecular weight excluding hydrogens is 469 g/mol. The molecule has 4 nitrogen and oxygen atoms in total. The van der Waals surface area contributed by atoms with Crippen molar-refractivity contribution in [2.45, 2.75) is 50.7 Å². The maximum atomic E-state index is 15.1. The molecule has 5 rings (SSSR count). The molecule has 2 aromatic carbocycles. The summed E-state index contributed by atoms with van der Waals surface area (Å²) in [5.74, 6) is -2.08. The number of aryl methyl sites for hydroxylation is 1. The topological polar surface area (TPSA) is 38.5 Å². The SMILES string of the molecule is Cc1ccc(N2CCC(OCc3c(-c4c(Cl)cccc4Cl)noc3C3CC3)C(F)(F)C2)cc1. The highest BCUT2D eigenvalue weighted by atomic mass is 35.5. The number of anilines is 1. The maximum absolute atomic E-state index is 15.1. The van der Waals surface area contributed by atoms with Crippen molar-refractivity contribution in [3.8, 4) is 11.3 Å². The van der Waals surface area contributed by atoms with Crippen LogP contribution in [-0.2, 0) is 11.3 Å². The zero-order valence-electron chi connectivity index (χ0n) is 18.2. The van der Waals surface area contributed by atoms with Crippen LogP contribution in [-0.4, -0.2) is 30.3 Å². The fourth-order valence-electron chi connectivity index (χ4n) is 4.33. The standard InChI is InChI=1S/C25H24Cl2F2N2O2/c1-15-5-9-17(10-6-15)31-12-11-21(25(28,29)14-31)32-13-18-23(30-33-24(18)16-7-8-16)22-19(26)3-2-4-20(22)27/h2-6,9-10,16,21H,7-8,11-14H2,1H3. The van der Waals surface area contributed by atoms with E-state index in [-0.39, 0.29) is 25.5 Å². The first-order valence-electron chi connectivity index (χ1n) is 11.1. The van der Waals surface area contributed by atoms with Gasteiger partial charge in [-0.05, 0) is 50.5 Å². The summed E-state index contributed by atoms with van der Waals surface area (Å²) in [5.41, 5.74) is 3.55. The fraction of sp³-hybridized carbons (Fsp3) is 0.400. The van der Waals surface area contributed by atoms with Crippen molar-refractivity contribution in [3.05, 3.63) is 69.4 Å². The molecule has 2 aliphatic rings. The van der Waals surface area contributed by atoms with Crippen molar-refractivity contribution in [1.29, 1.82) is 0 Å². The van der Waals surface area contributed by atoms with Gasteiger partial charge in [0, 0.05) is 29.3 Å². The van der Waals surface area contributed by atoms with Crippen LogP contribution in [0.4, 0.5) is 14.5 Å². The molecule has 8 heteroatoms. The normalized spacial score (nSPS) is 20.3. The highest BCUT2D eigenvalue weighted by molar-refractivity contribution is 6.39. The van der Waals surface area contributed by atoms with Crippen molar-refractivity contribution >= 4 is 28.9 Å². The van der Waals surface area contributed by atoms with E-state index in [1.54, 1.807) is 23.1 Å². The predicted octanol–water partition coefficient (Wildman–Crippen LogP) is 7.27. The smallest absolute Gasteiger partial charge is 0.290 e. The third kappa shape index (κ3) is 4.61. The summed E-state index contributed by atoms with van der Waals surface area (Å²) in [5, 5.41) is 5.06. The van der Waals surface area contributed by atoms with Gasteiger partial charge in [0.05, 0.1) is 23.2 Å². The molecule has 0 spiro atoms. The van der Waals surface area contributed by atoms with Gasteiger partial charge in [0.25, 0.3) is 5.92 Å². The highest BCUT2D eigenvalue weighted by Crippen LogP contribution is 2.46. The molecule has 1 aliphatic heterocycles. The van der Waals surface area contributed by atoms with Crippen LogP contribution < -0.4 is 4.90 Å². The summed E-state index contributed by atoms with van der Waals surface area (Å²) in [7, 11) is 0. The van der Waals surface area contributed by atoms with Crippen LogP contribution in [0, 0.1) is 6.92 Å². The second-order valence-electron chi connectivity index (χ2n) is 8.85. The zero-order valence-corrected chi connectivity index (χ0v) is 19.7. The molecule has 2 heterocycles. The van der Waals surface area contributed by atoms with Gasteiger partial charge >= 0.3 is 0 Å². The Morgan fingerprint density at radius 3 is 2.42 bits per heavy atom. The lowest BCUT2D eigenvalue weighted by atomic mass is 10.0. The number of halogens is 4. The average molecular weight is 493 g/mol. The lowest BCUT2D eigenvalue weighted by Crippen LogP contribution is -2.52. The molecule has 0 bridgehead atoms. The Bertz CT molecular complexity index is 1130. The highest BCUT2D eigenvalue weighted by Gasteiger charge is 2.46. The molecule has 0 amide bonds. The van der Waals surface area contributed by atoms with Gasteiger partial charge in [-0.2, -0.15) is 0 Å². The fourth-order valence-corrected chi connectivity index (χ4v) is 4.91. The molecule has 3 aromatic rings. The molecule has 1 aromatic heterocycles. The number of ether oxygens (including phenoxy) is 1. The van der Waals surface area contributed by atoms with E-state index in [9.17, 15) is 0 Å². The average Bonchev–Trinajstić information content (AvgIpc) is 3.53. The Kier molecular flexibility index (Phi) is 6.10. The predicted molar refractivity (Wildman–Crippen MR) is 125 cm³/mol. The van der Waals surface area contributed by atoms with Gasteiger partial charge in [-0.25, -0.2) is 8.78 Å². The van der Waals surface area contributed by atoms with Gasteiger partial charge < -0.3 is 14.2 Å². The molecular formula is C25H24Cl2F2N2O2. The Hall–Kier alpha value is -2.15. The minimum atomic E-state index is -3.00. The Morgan fingerprint density at radius 1 is 1.09 bits per heavy atom. The molecule has 33 heavy (non-hydrogen) atoms. The maximum Gasteiger partial charge on any atom is 0.290 e. The van der Waals surface area contributed by atoms with Crippen LogP contribution in [0.1, 0.15) is 42.1 Å². The molecule has 174 valence electrons. The van der Waals surface area contributed by atoms with Crippen molar-refractivity contribution in [2.24, 2.45) is 0 Å². The zero-order chi connectivity index (χ0) is 23.2. The van der Waals surface area contributed by atoms with E-state index >= 15 is 8.78 Å². The summed E-state index contributed by atoms with van der Waals surface area (Å²) in [6.07, 6.45) is 0.967. The minimum Gasteiger partial charge on any atom is -0.367 e. The van der Waals surface area contributed by atoms with E-state index in [2.05, 4.69) is 5.16 Å². The largest absolute Gasteiger partial charge is 0.367 e. The van der Waals surface area contributed by atoms with Crippen LogP contribution in [0.5, 0.6) is 0 Å². The molecule has 1 atom stereocenters. The third-order valence-corrected chi connectivity index (χ3v) is 6.96. The minimum absolute atomic E-state index is 0.0307. The number of benzene rings is 2. The second-order valence-corrected chi connectivity index (χ2v) is 9.67. The summed E-state index contributed by atoms with van der Waals surface area (Å²) in [4.78, 5) is 1.71. The van der Waals surface area contributed by atoms with Crippen LogP contribution in [0.2, 0.25) is 10.0 Å². The summed E-state index contributed by atoms with van der Waals surface area (Å²) in [6.45, 7) is 2.05. The summed E-state index contributed by atoms with van der Waals surface area (Å²) in [6, 6.07) is 12.8. The summed E-state index contributed by atoms with van der Waals surface area (Å²) >= 11 is 12.8. The third-order valence-electron chi connectivity index (χ3n) is 6.33. The van der Waals surface area contributed by atoms with E-state index < -0.39 is 12.0 Å². The molecule has 1 saturated carbocycles. The quantitative estimate of drug-likeness (QED) is 0.362. The lowest BCUT2D eigenvalue weighted by molar-refractivity contribution is -0.148. The first-order valence-corrected chi connectivity index (χ1v) is 11.8. The van der Waals surface area contributed by atoms with Gasteiger partial charge in [0.15, 0.2) is 0 Å². The van der Waals surface area contributed by atoms with E-state index in [1.807, 2.05) is 31.2 Å². The second kappa shape index (κ2) is 8.90. The lowest BCUT2D eigenvalue weighted by Gasteiger charge is -2.39. The number of hydrogen-bond acceptors (Lipinski definition) is 4. The number of aromatic nitrogens is 1. The Balaban J connectivity index is 1.35. The van der Waals surface area contributed by atoms with Gasteiger partial charge in [0.2, 0.25) is 0 Å². The van der Waals surface area contributed by atoms with Crippen molar-refractivity contribution in [1.82, 2.24) is 5.16 Å². The first-order chi connectivity index (χ1) is 15.8. The van der Waals surface area contributed by atoms with Crippen LogP contribution in [0.15, 0.2) is 47.0 Å². The van der Waals surface area contributed by atoms with Gasteiger partial charge in [0.1, 0.15) is 17.6 Å². The number of rotatable bonds is 6. The monoisotopic (exact) mass is 492 g/mol. The Morgan fingerprint density at radius 2 is 1.79 bits per heavy atom. The number of alkyl halides is 2. The van der Waals surface area contributed by atoms with E-state index in [0.29, 0.717) is 39.2 Å². The molecule has 0 radical (unpaired) electrons. The molecule has 0 N–H and O–H groups in total. The number of piperidine rings is 1. The number of nitrogens with zero attached hydrogens (tertiary/aromatic N) is 2. The molecule has 1 aliphatic carbocycles. The van der Waals surface area contributed by atoms with Crippen LogP contribution in [0.3, 0.4) is 0 Å². The Labute approximate surface area is 201 Å². The van der Waals surface area contributed by atoms with Gasteiger partial charge in [-0.15, -0.1) is 0 Å². The van der Waals surface area contributed by atoms with E-state index in [1.165, 1.54) is 0 Å². The molecule has 1 unspecified atom stereocenters. The first kappa shape index (κ1) is 22.6. The van der Waals surface area contributed by atoms with Gasteiger partial charge in [-0.3, -0.25) is 0 Å². The van der Waals surface area contributed by atoms with Crippen LogP contribution in [0.25, 0.3) is 11.3 Å². The molecule has 1 saturated heterocycles. The van der Waals surface area contributed by atoms with E-state index in [0.717, 1.165) is 24.1 Å². The molecule has 2 fully saturated rings. The van der Waals surface area contributed by atoms with Crippen LogP contribution >= 0.6 is 23.2 Å². The summed E-state index contributed by atoms with van der Waals surface area (Å²) < 4.78 is 41.6.